The van der Waals surface area contributed by atoms with Gasteiger partial charge in [-0.05, 0) is 24.3 Å². The van der Waals surface area contributed by atoms with Crippen LogP contribution in [0.25, 0.3) is 0 Å². The van der Waals surface area contributed by atoms with Gasteiger partial charge < -0.3 is 5.32 Å². The van der Waals surface area contributed by atoms with Crippen LogP contribution in [0.15, 0.2) is 53.4 Å². The minimum absolute atomic E-state index is 0.0351. The van der Waals surface area contributed by atoms with Crippen LogP contribution in [0.2, 0.25) is 0 Å². The van der Waals surface area contributed by atoms with E-state index in [4.69, 9.17) is 4.55 Å². The summed E-state index contributed by atoms with van der Waals surface area (Å²) in [5, 5.41) is 13.3. The molecule has 0 heterocycles. The molecule has 9 heteroatoms. The number of carbonyl (C=O) groups excluding carboxylic acids is 1. The van der Waals surface area contributed by atoms with E-state index in [1.807, 2.05) is 0 Å². The van der Waals surface area contributed by atoms with Gasteiger partial charge in [-0.25, -0.2) is 0 Å². The number of hydrogen-bond acceptors (Lipinski definition) is 5. The largest absolute Gasteiger partial charge is 0.322 e. The fourth-order valence-corrected chi connectivity index (χ4v) is 2.39. The average molecular weight is 322 g/mol. The molecular weight excluding hydrogens is 312 g/mol. The van der Waals surface area contributed by atoms with Crippen molar-refractivity contribution in [3.05, 3.63) is 64.2 Å². The zero-order valence-corrected chi connectivity index (χ0v) is 11.8. The third kappa shape index (κ3) is 3.45. The van der Waals surface area contributed by atoms with Gasteiger partial charge in [0.15, 0.2) is 4.90 Å². The summed E-state index contributed by atoms with van der Waals surface area (Å²) in [7, 11) is -4.73. The van der Waals surface area contributed by atoms with Crippen LogP contribution in [-0.4, -0.2) is 23.8 Å². The van der Waals surface area contributed by atoms with Gasteiger partial charge >= 0.3 is 10.1 Å². The Bertz CT molecular complexity index is 833. The van der Waals surface area contributed by atoms with Crippen molar-refractivity contribution < 1.29 is 22.7 Å². The Morgan fingerprint density at radius 2 is 1.77 bits per heavy atom. The lowest BCUT2D eigenvalue weighted by Gasteiger charge is -2.06. The molecule has 0 saturated carbocycles. The Balaban J connectivity index is 2.36. The van der Waals surface area contributed by atoms with E-state index in [1.54, 1.807) is 30.3 Å². The van der Waals surface area contributed by atoms with Gasteiger partial charge in [0.05, 0.1) is 4.92 Å². The lowest BCUT2D eigenvalue weighted by atomic mass is 10.2. The molecule has 0 aliphatic rings. The van der Waals surface area contributed by atoms with E-state index in [0.717, 1.165) is 18.2 Å². The third-order valence-corrected chi connectivity index (χ3v) is 3.63. The topological polar surface area (TPSA) is 127 Å². The highest BCUT2D eigenvalue weighted by Gasteiger charge is 2.24. The molecule has 2 aromatic rings. The summed E-state index contributed by atoms with van der Waals surface area (Å²) in [5.74, 6) is -0.505. The number of benzene rings is 2. The molecule has 0 radical (unpaired) electrons. The molecule has 0 unspecified atom stereocenters. The zero-order valence-electron chi connectivity index (χ0n) is 11.0. The van der Waals surface area contributed by atoms with Gasteiger partial charge in [0.2, 0.25) is 0 Å². The summed E-state index contributed by atoms with van der Waals surface area (Å²) in [5.41, 5.74) is -0.453. The summed E-state index contributed by atoms with van der Waals surface area (Å²) >= 11 is 0. The number of rotatable bonds is 4. The van der Waals surface area contributed by atoms with E-state index in [9.17, 15) is 23.3 Å². The first-order chi connectivity index (χ1) is 10.3. The second kappa shape index (κ2) is 5.92. The van der Waals surface area contributed by atoms with Crippen LogP contribution < -0.4 is 5.32 Å². The average Bonchev–Trinajstić information content (AvgIpc) is 2.47. The maximum atomic E-state index is 11.9. The Hall–Kier alpha value is -2.78. The van der Waals surface area contributed by atoms with Crippen LogP contribution in [0.4, 0.5) is 11.4 Å². The number of anilines is 1. The number of hydrogen-bond donors (Lipinski definition) is 2. The predicted octanol–water partition coefficient (Wildman–Crippen LogP) is 2.09. The van der Waals surface area contributed by atoms with Crippen molar-refractivity contribution in [3.8, 4) is 0 Å². The smallest absolute Gasteiger partial charge is 0.301 e. The van der Waals surface area contributed by atoms with Gasteiger partial charge in [0.25, 0.3) is 11.6 Å². The SMILES string of the molecule is O=C(Nc1ccc(S(=O)(=O)O)c([N+](=O)[O-])c1)c1ccccc1. The number of nitrogens with zero attached hydrogens (tertiary/aromatic N) is 1. The van der Waals surface area contributed by atoms with Crippen molar-refractivity contribution in [1.82, 2.24) is 0 Å². The summed E-state index contributed by atoms with van der Waals surface area (Å²) in [4.78, 5) is 21.0. The molecule has 0 bridgehead atoms. The van der Waals surface area contributed by atoms with E-state index in [0.29, 0.717) is 5.56 Å². The van der Waals surface area contributed by atoms with Gasteiger partial charge in [-0.2, -0.15) is 8.42 Å². The molecule has 0 aromatic heterocycles. The van der Waals surface area contributed by atoms with Crippen molar-refractivity contribution in [3.63, 3.8) is 0 Å². The van der Waals surface area contributed by atoms with Crippen LogP contribution >= 0.6 is 0 Å². The van der Waals surface area contributed by atoms with Crippen molar-refractivity contribution in [2.45, 2.75) is 4.90 Å². The summed E-state index contributed by atoms with van der Waals surface area (Å²) < 4.78 is 31.1. The molecular formula is C13H10N2O6S. The van der Waals surface area contributed by atoms with E-state index in [1.165, 1.54) is 0 Å². The summed E-state index contributed by atoms with van der Waals surface area (Å²) in [6, 6.07) is 11.0. The lowest BCUT2D eigenvalue weighted by Crippen LogP contribution is -2.12. The molecule has 0 aliphatic carbocycles. The highest BCUT2D eigenvalue weighted by Crippen LogP contribution is 2.27. The molecule has 0 aliphatic heterocycles. The standard InChI is InChI=1S/C13H10N2O6S/c16-13(9-4-2-1-3-5-9)14-10-6-7-12(22(19,20)21)11(8-10)15(17)18/h1-8H,(H,14,16)(H,19,20,21). The van der Waals surface area contributed by atoms with E-state index < -0.39 is 31.5 Å². The fourth-order valence-electron chi connectivity index (χ4n) is 1.75. The Kier molecular flexibility index (Phi) is 4.20. The fraction of sp³-hybridized carbons (Fsp3) is 0. The predicted molar refractivity (Wildman–Crippen MR) is 77.3 cm³/mol. The monoisotopic (exact) mass is 322 g/mol. The molecule has 0 atom stereocenters. The van der Waals surface area contributed by atoms with Gasteiger partial charge in [-0.15, -0.1) is 0 Å². The Labute approximate surface area is 125 Å². The van der Waals surface area contributed by atoms with Crippen molar-refractivity contribution in [1.29, 1.82) is 0 Å². The molecule has 2 N–H and O–H groups in total. The Morgan fingerprint density at radius 1 is 1.14 bits per heavy atom. The van der Waals surface area contributed by atoms with Gasteiger partial charge in [0.1, 0.15) is 0 Å². The van der Waals surface area contributed by atoms with Crippen LogP contribution in [-0.2, 0) is 10.1 Å². The minimum Gasteiger partial charge on any atom is -0.322 e. The minimum atomic E-state index is -4.73. The van der Waals surface area contributed by atoms with Crippen molar-refractivity contribution in [2.75, 3.05) is 5.32 Å². The molecule has 114 valence electrons. The zero-order chi connectivity index (χ0) is 16.3. The van der Waals surface area contributed by atoms with Gasteiger partial charge in [0, 0.05) is 17.3 Å². The summed E-state index contributed by atoms with van der Waals surface area (Å²) in [6.07, 6.45) is 0. The second-order valence-corrected chi connectivity index (χ2v) is 5.62. The number of amides is 1. The molecule has 2 rings (SSSR count). The number of nitro groups is 1. The first-order valence-corrected chi connectivity index (χ1v) is 7.35. The molecule has 2 aromatic carbocycles. The molecule has 1 amide bonds. The molecule has 0 fully saturated rings. The maximum absolute atomic E-state index is 11.9. The number of nitro benzene ring substituents is 1. The van der Waals surface area contributed by atoms with E-state index in [2.05, 4.69) is 5.32 Å². The number of nitrogens with one attached hydrogen (secondary N) is 1. The quantitative estimate of drug-likeness (QED) is 0.504. The van der Waals surface area contributed by atoms with Crippen LogP contribution in [0.5, 0.6) is 0 Å². The first kappa shape index (κ1) is 15.6. The van der Waals surface area contributed by atoms with E-state index >= 15 is 0 Å². The molecule has 22 heavy (non-hydrogen) atoms. The molecule has 0 spiro atoms. The highest BCUT2D eigenvalue weighted by atomic mass is 32.2. The van der Waals surface area contributed by atoms with E-state index in [-0.39, 0.29) is 5.69 Å². The van der Waals surface area contributed by atoms with Crippen molar-refractivity contribution >= 4 is 27.4 Å². The van der Waals surface area contributed by atoms with Crippen LogP contribution in [0.3, 0.4) is 0 Å². The van der Waals surface area contributed by atoms with Crippen LogP contribution in [0, 0.1) is 10.1 Å². The van der Waals surface area contributed by atoms with Gasteiger partial charge in [-0.3, -0.25) is 19.5 Å². The van der Waals surface area contributed by atoms with Crippen molar-refractivity contribution in [2.24, 2.45) is 0 Å². The first-order valence-electron chi connectivity index (χ1n) is 5.91. The maximum Gasteiger partial charge on any atom is 0.301 e. The van der Waals surface area contributed by atoms with Crippen LogP contribution in [0.1, 0.15) is 10.4 Å². The lowest BCUT2D eigenvalue weighted by molar-refractivity contribution is -0.387. The van der Waals surface area contributed by atoms with Gasteiger partial charge in [-0.1, -0.05) is 18.2 Å². The Morgan fingerprint density at radius 3 is 2.32 bits per heavy atom. The summed E-state index contributed by atoms with van der Waals surface area (Å²) in [6.45, 7) is 0. The second-order valence-electron chi connectivity index (χ2n) is 4.23. The molecule has 8 nitrogen and oxygen atoms in total. The number of carbonyl (C=O) groups is 1. The highest BCUT2D eigenvalue weighted by molar-refractivity contribution is 7.86. The molecule has 0 saturated heterocycles. The third-order valence-electron chi connectivity index (χ3n) is 2.73. The normalized spacial score (nSPS) is 11.0.